The maximum atomic E-state index is 5.83. The Bertz CT molecular complexity index is 152. The van der Waals surface area contributed by atoms with E-state index in [1.165, 1.54) is 25.7 Å². The molecule has 0 radical (unpaired) electrons. The molecule has 2 atom stereocenters. The van der Waals surface area contributed by atoms with E-state index in [-0.39, 0.29) is 0 Å². The molecule has 2 heterocycles. The second kappa shape index (κ2) is 3.91. The van der Waals surface area contributed by atoms with Crippen LogP contribution in [0.3, 0.4) is 0 Å². The van der Waals surface area contributed by atoms with Crippen molar-refractivity contribution in [3.05, 3.63) is 0 Å². The predicted molar refractivity (Wildman–Crippen MR) is 55.4 cm³/mol. The third-order valence-electron chi connectivity index (χ3n) is 3.52. The van der Waals surface area contributed by atoms with E-state index in [2.05, 4.69) is 11.5 Å². The van der Waals surface area contributed by atoms with E-state index in [0.717, 1.165) is 13.2 Å². The Morgan fingerprint density at radius 1 is 0.923 bits per heavy atom. The van der Waals surface area contributed by atoms with Crippen molar-refractivity contribution in [1.29, 1.82) is 0 Å². The molecule has 2 saturated heterocycles. The zero-order valence-electron chi connectivity index (χ0n) is 8.71. The van der Waals surface area contributed by atoms with Gasteiger partial charge in [0.15, 0.2) is 0 Å². The van der Waals surface area contributed by atoms with Gasteiger partial charge in [-0.15, -0.1) is 0 Å². The Morgan fingerprint density at radius 2 is 1.38 bits per heavy atom. The van der Waals surface area contributed by atoms with Gasteiger partial charge in [-0.05, 0) is 0 Å². The van der Waals surface area contributed by atoms with Crippen LogP contribution in [0.5, 0.6) is 0 Å². The van der Waals surface area contributed by atoms with Crippen LogP contribution in [-0.4, -0.2) is 36.4 Å². The average molecular weight is 245 g/mol. The number of ether oxygens (including phenoxy) is 2. The monoisotopic (exact) mass is 246 g/mol. The van der Waals surface area contributed by atoms with E-state index in [0.29, 0.717) is 9.87 Å². The summed E-state index contributed by atoms with van der Waals surface area (Å²) in [5.41, 5.74) is 0. The molecule has 0 N–H and O–H groups in total. The van der Waals surface area contributed by atoms with E-state index >= 15 is 0 Å². The summed E-state index contributed by atoms with van der Waals surface area (Å²) in [5, 5.41) is 0. The molecule has 0 aromatic heterocycles. The third kappa shape index (κ3) is 1.95. The summed E-state index contributed by atoms with van der Waals surface area (Å²) < 4.78 is 11.7. The molecule has 2 nitrogen and oxygen atoms in total. The van der Waals surface area contributed by atoms with Gasteiger partial charge in [0.1, 0.15) is 0 Å². The van der Waals surface area contributed by atoms with Crippen molar-refractivity contribution in [1.82, 2.24) is 0 Å². The first-order chi connectivity index (χ1) is 6.21. The summed E-state index contributed by atoms with van der Waals surface area (Å²) in [6, 6.07) is 0. The zero-order chi connectivity index (χ0) is 9.31. The van der Waals surface area contributed by atoms with Crippen LogP contribution in [0.1, 0.15) is 25.7 Å². The van der Waals surface area contributed by atoms with Crippen molar-refractivity contribution in [2.75, 3.05) is 13.2 Å². The van der Waals surface area contributed by atoms with E-state index in [4.69, 9.17) is 9.47 Å². The fourth-order valence-corrected chi connectivity index (χ4v) is 9.68. The van der Waals surface area contributed by atoms with Crippen molar-refractivity contribution < 1.29 is 9.47 Å². The van der Waals surface area contributed by atoms with Crippen molar-refractivity contribution in [3.8, 4) is 0 Å². The number of rotatable bonds is 2. The molecule has 0 spiro atoms. The second-order valence-corrected chi connectivity index (χ2v) is 15.2. The normalized spacial score (nSPS) is 35.5. The van der Waals surface area contributed by atoms with Crippen LogP contribution in [0.2, 0.25) is 11.5 Å². The first-order valence-corrected chi connectivity index (χ1v) is 12.1. The number of hydrogen-bond donors (Lipinski definition) is 0. The summed E-state index contributed by atoms with van der Waals surface area (Å²) in [7, 11) is 0. The maximum absolute atomic E-state index is 5.83. The third-order valence-corrected chi connectivity index (χ3v) is 12.4. The zero-order valence-corrected chi connectivity index (χ0v) is 10.8. The molecule has 2 fully saturated rings. The van der Waals surface area contributed by atoms with Crippen molar-refractivity contribution >= 4 is 13.3 Å². The van der Waals surface area contributed by atoms with Crippen molar-refractivity contribution in [2.45, 2.75) is 47.1 Å². The standard InChI is InChI=1S/C10H20GeO2/c1-11(2,9-5-3-7-12-9)10-6-4-8-13-10/h9-10H,3-8H2,1-2H3. The first kappa shape index (κ1) is 10.00. The summed E-state index contributed by atoms with van der Waals surface area (Å²) in [5.74, 6) is 4.96. The molecule has 0 amide bonds. The van der Waals surface area contributed by atoms with Crippen molar-refractivity contribution in [3.63, 3.8) is 0 Å². The SMILES string of the molecule is [CH3][Ge]([CH3])([CH]1CCCO1)[CH]1CCCO1. The van der Waals surface area contributed by atoms with Crippen LogP contribution in [0, 0.1) is 0 Å². The molecule has 0 aromatic rings. The summed E-state index contributed by atoms with van der Waals surface area (Å²) in [6.07, 6.45) is 5.14. The fourth-order valence-electron chi connectivity index (χ4n) is 2.54. The van der Waals surface area contributed by atoms with Crippen LogP contribution >= 0.6 is 0 Å². The Balaban J connectivity index is 1.99. The Kier molecular flexibility index (Phi) is 3.01. The van der Waals surface area contributed by atoms with Crippen LogP contribution in [0.4, 0.5) is 0 Å². The molecule has 13 heavy (non-hydrogen) atoms. The minimum absolute atomic E-state index is 0.614. The van der Waals surface area contributed by atoms with Gasteiger partial charge in [-0.1, -0.05) is 0 Å². The van der Waals surface area contributed by atoms with Gasteiger partial charge in [0.2, 0.25) is 0 Å². The van der Waals surface area contributed by atoms with Crippen LogP contribution in [0.15, 0.2) is 0 Å². The minimum atomic E-state index is -1.81. The molecule has 3 heteroatoms. The summed E-state index contributed by atoms with van der Waals surface area (Å²) in [6.45, 7) is 1.98. The van der Waals surface area contributed by atoms with Crippen LogP contribution < -0.4 is 0 Å². The molecular weight excluding hydrogens is 225 g/mol. The van der Waals surface area contributed by atoms with Gasteiger partial charge >= 0.3 is 83.0 Å². The molecule has 0 aromatic carbocycles. The van der Waals surface area contributed by atoms with E-state index in [1.54, 1.807) is 0 Å². The van der Waals surface area contributed by atoms with Gasteiger partial charge < -0.3 is 0 Å². The van der Waals surface area contributed by atoms with E-state index in [1.807, 2.05) is 0 Å². The Morgan fingerprint density at radius 3 is 1.69 bits per heavy atom. The van der Waals surface area contributed by atoms with E-state index < -0.39 is 13.3 Å². The molecule has 2 aliphatic rings. The van der Waals surface area contributed by atoms with Gasteiger partial charge in [-0.2, -0.15) is 0 Å². The van der Waals surface area contributed by atoms with Crippen LogP contribution in [0.25, 0.3) is 0 Å². The molecular formula is C10H20GeO2. The number of hydrogen-bond acceptors (Lipinski definition) is 2. The van der Waals surface area contributed by atoms with Gasteiger partial charge in [0.25, 0.3) is 0 Å². The molecule has 2 aliphatic heterocycles. The van der Waals surface area contributed by atoms with Crippen LogP contribution in [-0.2, 0) is 9.47 Å². The van der Waals surface area contributed by atoms with E-state index in [9.17, 15) is 0 Å². The average Bonchev–Trinajstić information content (AvgIpc) is 2.78. The second-order valence-electron chi connectivity index (χ2n) is 4.82. The molecule has 2 unspecified atom stereocenters. The van der Waals surface area contributed by atoms with Gasteiger partial charge in [-0.3, -0.25) is 0 Å². The predicted octanol–water partition coefficient (Wildman–Crippen LogP) is 2.13. The molecule has 2 rings (SSSR count). The topological polar surface area (TPSA) is 18.5 Å². The summed E-state index contributed by atoms with van der Waals surface area (Å²) in [4.78, 5) is 1.23. The summed E-state index contributed by atoms with van der Waals surface area (Å²) >= 11 is -1.81. The molecule has 0 bridgehead atoms. The Labute approximate surface area is 83.3 Å². The molecule has 0 aliphatic carbocycles. The van der Waals surface area contributed by atoms with Crippen molar-refractivity contribution in [2.24, 2.45) is 0 Å². The van der Waals surface area contributed by atoms with Gasteiger partial charge in [-0.25, -0.2) is 0 Å². The van der Waals surface area contributed by atoms with Gasteiger partial charge in [0.05, 0.1) is 0 Å². The molecule has 76 valence electrons. The Hall–Kier alpha value is 0.463. The molecule has 0 saturated carbocycles. The quantitative estimate of drug-likeness (QED) is 0.693. The fraction of sp³-hybridized carbons (Fsp3) is 1.00. The van der Waals surface area contributed by atoms with Gasteiger partial charge in [0, 0.05) is 0 Å². The first-order valence-electron chi connectivity index (χ1n) is 5.44.